The van der Waals surface area contributed by atoms with E-state index in [1.54, 1.807) is 17.9 Å². The third-order valence-electron chi connectivity index (χ3n) is 4.37. The molecule has 2 aromatic rings. The van der Waals surface area contributed by atoms with Gasteiger partial charge >= 0.3 is 5.97 Å². The van der Waals surface area contributed by atoms with Crippen molar-refractivity contribution >= 4 is 35.0 Å². The van der Waals surface area contributed by atoms with Gasteiger partial charge in [0.25, 0.3) is 5.91 Å². The smallest absolute Gasteiger partial charge is 0.340 e. The van der Waals surface area contributed by atoms with Crippen molar-refractivity contribution in [2.75, 3.05) is 12.0 Å². The van der Waals surface area contributed by atoms with Crippen LogP contribution in [0.3, 0.4) is 0 Å². The highest BCUT2D eigenvalue weighted by Crippen LogP contribution is 2.36. The Labute approximate surface area is 151 Å². The van der Waals surface area contributed by atoms with E-state index in [9.17, 15) is 9.59 Å². The quantitative estimate of drug-likeness (QED) is 0.612. The Bertz CT molecular complexity index is 907. The van der Waals surface area contributed by atoms with Crippen LogP contribution in [0.25, 0.3) is 6.08 Å². The first-order chi connectivity index (χ1) is 11.9. The molecule has 25 heavy (non-hydrogen) atoms. The summed E-state index contributed by atoms with van der Waals surface area (Å²) in [4.78, 5) is 27.9. The van der Waals surface area contributed by atoms with Crippen molar-refractivity contribution in [1.82, 2.24) is 0 Å². The van der Waals surface area contributed by atoms with E-state index in [0.717, 1.165) is 21.7 Å². The van der Waals surface area contributed by atoms with Crippen LogP contribution in [0.2, 0.25) is 0 Å². The first-order valence-corrected chi connectivity index (χ1v) is 8.78. The highest BCUT2D eigenvalue weighted by molar-refractivity contribution is 7.10. The molecule has 0 radical (unpaired) electrons. The molecule has 0 aliphatic carbocycles. The predicted octanol–water partition coefficient (Wildman–Crippen LogP) is 4.24. The number of anilines is 1. The van der Waals surface area contributed by atoms with Gasteiger partial charge in [0.15, 0.2) is 0 Å². The second-order valence-corrected chi connectivity index (χ2v) is 6.91. The normalized spacial score (nSPS) is 16.1. The highest BCUT2D eigenvalue weighted by Gasteiger charge is 2.38. The summed E-state index contributed by atoms with van der Waals surface area (Å²) in [5.41, 5.74) is 4.27. The molecule has 1 aliphatic rings. The lowest BCUT2D eigenvalue weighted by Crippen LogP contribution is -2.24. The molecule has 1 aliphatic heterocycles. The second-order valence-electron chi connectivity index (χ2n) is 5.93. The summed E-state index contributed by atoms with van der Waals surface area (Å²) >= 11 is 1.51. The fourth-order valence-electron chi connectivity index (χ4n) is 2.87. The molecule has 0 fully saturated rings. The topological polar surface area (TPSA) is 46.6 Å². The maximum Gasteiger partial charge on any atom is 0.340 e. The minimum absolute atomic E-state index is 0.213. The third kappa shape index (κ3) is 3.03. The minimum Gasteiger partial charge on any atom is -0.465 e. The molecule has 5 heteroatoms. The van der Waals surface area contributed by atoms with Gasteiger partial charge < -0.3 is 4.74 Å². The Morgan fingerprint density at radius 2 is 1.92 bits per heavy atom. The largest absolute Gasteiger partial charge is 0.465 e. The summed E-state index contributed by atoms with van der Waals surface area (Å²) in [6.07, 6.45) is 1.75. The molecule has 0 saturated carbocycles. The van der Waals surface area contributed by atoms with E-state index in [0.29, 0.717) is 16.8 Å². The van der Waals surface area contributed by atoms with E-state index in [1.165, 1.54) is 18.4 Å². The number of nitrogens with zero attached hydrogens (tertiary/aromatic N) is 1. The van der Waals surface area contributed by atoms with E-state index in [2.05, 4.69) is 0 Å². The zero-order chi connectivity index (χ0) is 18.1. The number of methoxy groups -OCH3 is 1. The van der Waals surface area contributed by atoms with Crippen molar-refractivity contribution < 1.29 is 14.3 Å². The Hall–Kier alpha value is -2.66. The number of hydrogen-bond donors (Lipinski definition) is 0. The summed E-state index contributed by atoms with van der Waals surface area (Å²) in [6, 6.07) is 9.65. The van der Waals surface area contributed by atoms with E-state index in [4.69, 9.17) is 4.74 Å². The Morgan fingerprint density at radius 3 is 2.52 bits per heavy atom. The fourth-order valence-corrected chi connectivity index (χ4v) is 3.53. The number of ether oxygens (including phenoxy) is 1. The predicted molar refractivity (Wildman–Crippen MR) is 100 cm³/mol. The summed E-state index contributed by atoms with van der Waals surface area (Å²) in [7, 11) is 1.33. The SMILES string of the molecule is COC(=O)C1=C(C)N(c2ccc(C)c(C)c2)C(=O)/C1=C\c1cccs1. The van der Waals surface area contributed by atoms with Crippen molar-refractivity contribution in [3.8, 4) is 0 Å². The highest BCUT2D eigenvalue weighted by atomic mass is 32.1. The minimum atomic E-state index is -0.500. The number of thiophene rings is 1. The van der Waals surface area contributed by atoms with Crippen LogP contribution in [0.4, 0.5) is 5.69 Å². The molecule has 128 valence electrons. The van der Waals surface area contributed by atoms with Crippen molar-refractivity contribution in [1.29, 1.82) is 0 Å². The van der Waals surface area contributed by atoms with Gasteiger partial charge in [-0.15, -0.1) is 11.3 Å². The maximum absolute atomic E-state index is 13.1. The Morgan fingerprint density at radius 1 is 1.16 bits per heavy atom. The first-order valence-electron chi connectivity index (χ1n) is 7.90. The number of benzene rings is 1. The lowest BCUT2D eigenvalue weighted by Gasteiger charge is -2.19. The molecular weight excluding hydrogens is 334 g/mol. The number of carbonyl (C=O) groups is 2. The Kier molecular flexibility index (Phi) is 4.59. The van der Waals surface area contributed by atoms with Gasteiger partial charge in [-0.25, -0.2) is 4.79 Å². The van der Waals surface area contributed by atoms with Gasteiger partial charge in [-0.3, -0.25) is 9.69 Å². The second kappa shape index (κ2) is 6.69. The average molecular weight is 353 g/mol. The molecule has 0 bridgehead atoms. The third-order valence-corrected chi connectivity index (χ3v) is 5.19. The van der Waals surface area contributed by atoms with Crippen molar-refractivity contribution in [2.24, 2.45) is 0 Å². The number of esters is 1. The number of aryl methyl sites for hydroxylation is 2. The number of allylic oxidation sites excluding steroid dienone is 1. The number of rotatable bonds is 3. The van der Waals surface area contributed by atoms with E-state index in [1.807, 2.05) is 49.6 Å². The summed E-state index contributed by atoms with van der Waals surface area (Å²) < 4.78 is 4.92. The first kappa shape index (κ1) is 17.2. The fraction of sp³-hybridized carbons (Fsp3) is 0.200. The molecule has 0 unspecified atom stereocenters. The van der Waals surface area contributed by atoms with E-state index >= 15 is 0 Å². The lowest BCUT2D eigenvalue weighted by molar-refractivity contribution is -0.136. The molecule has 3 rings (SSSR count). The van der Waals surface area contributed by atoms with Crippen LogP contribution >= 0.6 is 11.3 Å². The monoisotopic (exact) mass is 353 g/mol. The van der Waals surface area contributed by atoms with Crippen LogP contribution in [-0.2, 0) is 14.3 Å². The molecule has 0 atom stereocenters. The van der Waals surface area contributed by atoms with Gasteiger partial charge in [0.05, 0.1) is 18.3 Å². The van der Waals surface area contributed by atoms with Gasteiger partial charge in [-0.1, -0.05) is 12.1 Å². The van der Waals surface area contributed by atoms with E-state index < -0.39 is 5.97 Å². The zero-order valence-electron chi connectivity index (χ0n) is 14.6. The molecule has 0 spiro atoms. The van der Waals surface area contributed by atoms with Gasteiger partial charge in [0.1, 0.15) is 0 Å². The molecule has 1 amide bonds. The van der Waals surface area contributed by atoms with Crippen LogP contribution in [0, 0.1) is 13.8 Å². The molecule has 1 aromatic heterocycles. The summed E-state index contributed by atoms with van der Waals surface area (Å²) in [6.45, 7) is 5.80. The van der Waals surface area contributed by atoms with Crippen molar-refractivity contribution in [3.05, 3.63) is 68.6 Å². The van der Waals surface area contributed by atoms with Crippen LogP contribution in [0.1, 0.15) is 22.9 Å². The molecule has 1 aromatic carbocycles. The maximum atomic E-state index is 13.1. The van der Waals surface area contributed by atoms with Gasteiger partial charge in [-0.05, 0) is 61.6 Å². The molecule has 0 saturated heterocycles. The van der Waals surface area contributed by atoms with E-state index in [-0.39, 0.29) is 5.91 Å². The average Bonchev–Trinajstić information content (AvgIpc) is 3.17. The number of amides is 1. The molecular formula is C20H19NO3S. The van der Waals surface area contributed by atoms with Crippen LogP contribution in [-0.4, -0.2) is 19.0 Å². The van der Waals surface area contributed by atoms with Crippen LogP contribution < -0.4 is 4.90 Å². The van der Waals surface area contributed by atoms with Crippen molar-refractivity contribution in [3.63, 3.8) is 0 Å². The summed E-state index contributed by atoms with van der Waals surface area (Å²) in [5, 5.41) is 1.93. The summed E-state index contributed by atoms with van der Waals surface area (Å²) in [5.74, 6) is -0.713. The number of hydrogen-bond acceptors (Lipinski definition) is 4. The molecule has 2 heterocycles. The van der Waals surface area contributed by atoms with Crippen molar-refractivity contribution in [2.45, 2.75) is 20.8 Å². The van der Waals surface area contributed by atoms with Gasteiger partial charge in [0, 0.05) is 16.3 Å². The van der Waals surface area contributed by atoms with Gasteiger partial charge in [-0.2, -0.15) is 0 Å². The lowest BCUT2D eigenvalue weighted by atomic mass is 10.1. The van der Waals surface area contributed by atoms with Gasteiger partial charge in [0.2, 0.25) is 0 Å². The Balaban J connectivity index is 2.15. The van der Waals surface area contributed by atoms with Crippen LogP contribution in [0.15, 0.2) is 52.6 Å². The zero-order valence-corrected chi connectivity index (χ0v) is 15.4. The van der Waals surface area contributed by atoms with Crippen LogP contribution in [0.5, 0.6) is 0 Å². The standard InChI is InChI=1S/C20H19NO3S/c1-12-7-8-15(10-13(12)2)21-14(3)18(20(23)24-4)17(19(21)22)11-16-6-5-9-25-16/h5-11H,1-4H3/b17-11-. The number of carbonyl (C=O) groups excluding carboxylic acids is 2. The molecule has 0 N–H and O–H groups in total. The molecule has 4 nitrogen and oxygen atoms in total.